The summed E-state index contributed by atoms with van der Waals surface area (Å²) in [7, 11) is 0. The van der Waals surface area contributed by atoms with Gasteiger partial charge in [0.05, 0.1) is 35.4 Å². The smallest absolute Gasteiger partial charge is 0.338 e. The van der Waals surface area contributed by atoms with Gasteiger partial charge in [-0.15, -0.1) is 0 Å². The normalized spacial score (nSPS) is 12.2. The molecule has 38 heavy (non-hydrogen) atoms. The lowest BCUT2D eigenvalue weighted by Crippen LogP contribution is -2.29. The van der Waals surface area contributed by atoms with Crippen molar-refractivity contribution in [3.63, 3.8) is 0 Å². The van der Waals surface area contributed by atoms with Gasteiger partial charge in [0.15, 0.2) is 6.61 Å². The minimum atomic E-state index is -0.810. The highest BCUT2D eigenvalue weighted by Crippen LogP contribution is 2.26. The molecule has 0 saturated heterocycles. The van der Waals surface area contributed by atoms with Crippen LogP contribution in [0.15, 0.2) is 72.8 Å². The Kier molecular flexibility index (Phi) is 8.27. The van der Waals surface area contributed by atoms with Gasteiger partial charge in [-0.3, -0.25) is 19.3 Å². The molecule has 9 nitrogen and oxygen atoms in total. The summed E-state index contributed by atoms with van der Waals surface area (Å²) in [4.78, 5) is 63.4. The number of anilines is 1. The summed E-state index contributed by atoms with van der Waals surface area (Å²) in [6.07, 6.45) is 1.70. The van der Waals surface area contributed by atoms with Crippen LogP contribution in [-0.4, -0.2) is 47.8 Å². The van der Waals surface area contributed by atoms with Crippen molar-refractivity contribution < 1.29 is 33.4 Å². The lowest BCUT2D eigenvalue weighted by molar-refractivity contribution is -0.119. The number of carbonyl (C=O) groups excluding carboxylic acids is 5. The molecule has 0 atom stereocenters. The van der Waals surface area contributed by atoms with E-state index in [0.29, 0.717) is 17.9 Å². The van der Waals surface area contributed by atoms with Crippen molar-refractivity contribution in [1.29, 1.82) is 0 Å². The van der Waals surface area contributed by atoms with Crippen molar-refractivity contribution in [2.24, 2.45) is 0 Å². The molecule has 1 aliphatic heterocycles. The fourth-order valence-corrected chi connectivity index (χ4v) is 3.82. The van der Waals surface area contributed by atoms with Crippen LogP contribution in [-0.2, 0) is 20.8 Å². The molecule has 0 radical (unpaired) electrons. The van der Waals surface area contributed by atoms with Crippen molar-refractivity contribution in [2.75, 3.05) is 18.5 Å². The largest absolute Gasteiger partial charge is 0.462 e. The summed E-state index contributed by atoms with van der Waals surface area (Å²) in [5.74, 6) is -2.77. The van der Waals surface area contributed by atoms with Crippen molar-refractivity contribution in [2.45, 2.75) is 26.3 Å². The minimum absolute atomic E-state index is 0.0465. The number of esters is 2. The second kappa shape index (κ2) is 12.0. The van der Waals surface area contributed by atoms with Gasteiger partial charge in [-0.25, -0.2) is 9.59 Å². The first-order valence-corrected chi connectivity index (χ1v) is 12.2. The van der Waals surface area contributed by atoms with E-state index in [1.807, 2.05) is 37.3 Å². The van der Waals surface area contributed by atoms with Crippen LogP contribution in [0.5, 0.6) is 0 Å². The van der Waals surface area contributed by atoms with Gasteiger partial charge in [0.25, 0.3) is 17.7 Å². The molecule has 1 aliphatic rings. The van der Waals surface area contributed by atoms with E-state index in [0.717, 1.165) is 23.3 Å². The summed E-state index contributed by atoms with van der Waals surface area (Å²) < 4.78 is 10.2. The maximum absolute atomic E-state index is 12.8. The first-order chi connectivity index (χ1) is 18.4. The van der Waals surface area contributed by atoms with E-state index in [4.69, 9.17) is 9.47 Å². The van der Waals surface area contributed by atoms with Gasteiger partial charge in [-0.1, -0.05) is 43.7 Å². The van der Waals surface area contributed by atoms with E-state index >= 15 is 0 Å². The highest BCUT2D eigenvalue weighted by Gasteiger charge is 2.36. The molecule has 0 aliphatic carbocycles. The van der Waals surface area contributed by atoms with Gasteiger partial charge in [0, 0.05) is 5.69 Å². The molecule has 0 bridgehead atoms. The van der Waals surface area contributed by atoms with E-state index in [-0.39, 0.29) is 23.2 Å². The number of unbranched alkanes of at least 4 members (excludes halogenated alkanes) is 1. The van der Waals surface area contributed by atoms with E-state index in [2.05, 4.69) is 5.32 Å². The van der Waals surface area contributed by atoms with Gasteiger partial charge in [-0.2, -0.15) is 0 Å². The summed E-state index contributed by atoms with van der Waals surface area (Å²) in [6.45, 7) is 1.90. The molecule has 1 N–H and O–H groups in total. The molecule has 0 spiro atoms. The second-order valence-electron chi connectivity index (χ2n) is 8.63. The number of hydrogen-bond acceptors (Lipinski definition) is 7. The number of fused-ring (bicyclic) bond motifs is 1. The molecule has 194 valence electrons. The molecule has 3 aromatic rings. The molecule has 1 heterocycles. The zero-order chi connectivity index (χ0) is 27.1. The number of imide groups is 1. The fourth-order valence-electron chi connectivity index (χ4n) is 3.82. The molecular formula is C29H26N2O7. The van der Waals surface area contributed by atoms with Crippen LogP contribution >= 0.6 is 0 Å². The predicted octanol–water partition coefficient (Wildman–Crippen LogP) is 4.24. The summed E-state index contributed by atoms with van der Waals surface area (Å²) in [6, 6.07) is 19.3. The first-order valence-electron chi connectivity index (χ1n) is 12.2. The van der Waals surface area contributed by atoms with Crippen molar-refractivity contribution in [3.05, 3.63) is 101 Å². The van der Waals surface area contributed by atoms with Crippen LogP contribution in [0.25, 0.3) is 0 Å². The van der Waals surface area contributed by atoms with Crippen molar-refractivity contribution >= 4 is 35.3 Å². The van der Waals surface area contributed by atoms with Gasteiger partial charge in [0.2, 0.25) is 0 Å². The van der Waals surface area contributed by atoms with Crippen LogP contribution in [0.4, 0.5) is 5.69 Å². The first kappa shape index (κ1) is 26.3. The number of nitrogens with one attached hydrogen (secondary N) is 1. The molecule has 0 saturated carbocycles. The third kappa shape index (κ3) is 6.12. The van der Waals surface area contributed by atoms with E-state index < -0.39 is 36.3 Å². The summed E-state index contributed by atoms with van der Waals surface area (Å²) >= 11 is 0. The van der Waals surface area contributed by atoms with E-state index in [1.165, 1.54) is 30.3 Å². The van der Waals surface area contributed by atoms with Crippen LogP contribution < -0.4 is 5.32 Å². The minimum Gasteiger partial charge on any atom is -0.462 e. The van der Waals surface area contributed by atoms with Crippen LogP contribution in [0, 0.1) is 0 Å². The van der Waals surface area contributed by atoms with Crippen LogP contribution in [0.2, 0.25) is 0 Å². The summed E-state index contributed by atoms with van der Waals surface area (Å²) in [5.41, 5.74) is 1.93. The average molecular weight is 515 g/mol. The Labute approximate surface area is 219 Å². The zero-order valence-corrected chi connectivity index (χ0v) is 20.8. The Morgan fingerprint density at radius 1 is 0.789 bits per heavy atom. The van der Waals surface area contributed by atoms with Gasteiger partial charge in [-0.05, 0) is 54.4 Å². The highest BCUT2D eigenvalue weighted by atomic mass is 16.5. The molecule has 0 fully saturated rings. The second-order valence-corrected chi connectivity index (χ2v) is 8.63. The van der Waals surface area contributed by atoms with Gasteiger partial charge in [0.1, 0.15) is 0 Å². The number of nitrogens with zero attached hydrogens (tertiary/aromatic N) is 1. The molecule has 3 aromatic carbocycles. The van der Waals surface area contributed by atoms with Crippen molar-refractivity contribution in [1.82, 2.24) is 4.90 Å². The Hall–Kier alpha value is -4.79. The van der Waals surface area contributed by atoms with Crippen LogP contribution in [0.1, 0.15) is 66.8 Å². The third-order valence-electron chi connectivity index (χ3n) is 5.86. The molecule has 0 unspecified atom stereocenters. The number of amides is 3. The standard InChI is InChI=1S/C29H26N2O7/c1-2-3-15-37-28(35)20-9-12-22(13-10-20)30-25(32)18-38-29(36)21-11-14-23-24(16-21)27(34)31(26(23)33)17-19-7-5-4-6-8-19/h4-14,16H,2-3,15,17-18H2,1H3,(H,30,32). The number of carbonyl (C=O) groups is 5. The number of hydrogen-bond donors (Lipinski definition) is 1. The van der Waals surface area contributed by atoms with Gasteiger partial charge < -0.3 is 14.8 Å². The molecular weight excluding hydrogens is 488 g/mol. The lowest BCUT2D eigenvalue weighted by atomic mass is 10.1. The maximum Gasteiger partial charge on any atom is 0.338 e. The third-order valence-corrected chi connectivity index (χ3v) is 5.86. The number of benzene rings is 3. The fraction of sp³-hybridized carbons (Fsp3) is 0.207. The quantitative estimate of drug-likeness (QED) is 0.244. The maximum atomic E-state index is 12.8. The molecule has 4 rings (SSSR count). The topological polar surface area (TPSA) is 119 Å². The Morgan fingerprint density at radius 2 is 1.45 bits per heavy atom. The molecule has 0 aromatic heterocycles. The van der Waals surface area contributed by atoms with Crippen LogP contribution in [0.3, 0.4) is 0 Å². The summed E-state index contributed by atoms with van der Waals surface area (Å²) in [5, 5.41) is 2.58. The Bertz CT molecular complexity index is 1370. The lowest BCUT2D eigenvalue weighted by Gasteiger charge is -2.13. The Morgan fingerprint density at radius 3 is 2.16 bits per heavy atom. The monoisotopic (exact) mass is 514 g/mol. The predicted molar refractivity (Wildman–Crippen MR) is 138 cm³/mol. The molecule has 3 amide bonds. The average Bonchev–Trinajstić information content (AvgIpc) is 3.17. The van der Waals surface area contributed by atoms with Gasteiger partial charge >= 0.3 is 11.9 Å². The Balaban J connectivity index is 1.31. The SMILES string of the molecule is CCCCOC(=O)c1ccc(NC(=O)COC(=O)c2ccc3c(c2)C(=O)N(Cc2ccccc2)C3=O)cc1. The highest BCUT2D eigenvalue weighted by molar-refractivity contribution is 6.21. The van der Waals surface area contributed by atoms with Crippen molar-refractivity contribution in [3.8, 4) is 0 Å². The number of rotatable bonds is 10. The number of ether oxygens (including phenoxy) is 2. The van der Waals surface area contributed by atoms with E-state index in [9.17, 15) is 24.0 Å². The molecule has 9 heteroatoms. The van der Waals surface area contributed by atoms with E-state index in [1.54, 1.807) is 12.1 Å². The zero-order valence-electron chi connectivity index (χ0n) is 20.8.